The number of nitrogens with one attached hydrogen (secondary N) is 2. The van der Waals surface area contributed by atoms with Gasteiger partial charge in [0.15, 0.2) is 6.61 Å². The molecule has 2 aromatic rings. The molecule has 1 heterocycles. The fourth-order valence-electron chi connectivity index (χ4n) is 3.94. The highest BCUT2D eigenvalue weighted by Crippen LogP contribution is 2.38. The van der Waals surface area contributed by atoms with Gasteiger partial charge in [-0.3, -0.25) is 4.79 Å². The molecular formula is C23H30N2O4. The van der Waals surface area contributed by atoms with Crippen LogP contribution in [0.15, 0.2) is 24.3 Å². The molecule has 0 aromatic heterocycles. The maximum atomic E-state index is 11.5. The first-order valence-electron chi connectivity index (χ1n) is 9.85. The molecule has 0 saturated heterocycles. The van der Waals surface area contributed by atoms with Crippen LogP contribution in [-0.2, 0) is 11.2 Å². The second-order valence-corrected chi connectivity index (χ2v) is 8.58. The Kier molecular flexibility index (Phi) is 5.87. The van der Waals surface area contributed by atoms with E-state index in [9.17, 15) is 15.0 Å². The molecule has 6 nitrogen and oxygen atoms in total. The van der Waals surface area contributed by atoms with E-state index >= 15 is 0 Å². The highest BCUT2D eigenvalue weighted by Gasteiger charge is 2.26. The molecule has 2 aromatic carbocycles. The van der Waals surface area contributed by atoms with Crippen LogP contribution in [0, 0.1) is 20.8 Å². The number of anilines is 1. The van der Waals surface area contributed by atoms with Gasteiger partial charge in [-0.25, -0.2) is 0 Å². The fraction of sp³-hybridized carbons (Fsp3) is 0.435. The highest BCUT2D eigenvalue weighted by atomic mass is 16.5. The summed E-state index contributed by atoms with van der Waals surface area (Å²) in [6.07, 6.45) is -0.0760. The lowest BCUT2D eigenvalue weighted by Crippen LogP contribution is -2.43. The number of aromatic hydroxyl groups is 1. The van der Waals surface area contributed by atoms with Crippen LogP contribution in [0.5, 0.6) is 11.5 Å². The van der Waals surface area contributed by atoms with Crippen molar-refractivity contribution in [1.82, 2.24) is 5.32 Å². The Hall–Kier alpha value is -2.57. The van der Waals surface area contributed by atoms with Crippen molar-refractivity contribution in [2.24, 2.45) is 0 Å². The number of benzene rings is 2. The molecule has 0 radical (unpaired) electrons. The van der Waals surface area contributed by atoms with Gasteiger partial charge in [-0.2, -0.15) is 0 Å². The molecule has 29 heavy (non-hydrogen) atoms. The summed E-state index contributed by atoms with van der Waals surface area (Å²) in [5.41, 5.74) is 5.67. The number of rotatable bonds is 6. The van der Waals surface area contributed by atoms with Gasteiger partial charge in [0.05, 0.1) is 11.8 Å². The third kappa shape index (κ3) is 4.89. The zero-order valence-corrected chi connectivity index (χ0v) is 17.7. The quantitative estimate of drug-likeness (QED) is 0.599. The average Bonchev–Trinajstić information content (AvgIpc) is 2.61. The van der Waals surface area contributed by atoms with E-state index in [-0.39, 0.29) is 30.3 Å². The van der Waals surface area contributed by atoms with Crippen LogP contribution in [0.3, 0.4) is 0 Å². The molecule has 1 atom stereocenters. The van der Waals surface area contributed by atoms with Gasteiger partial charge < -0.3 is 25.6 Å². The fourth-order valence-corrected chi connectivity index (χ4v) is 3.94. The van der Waals surface area contributed by atoms with E-state index in [1.54, 1.807) is 0 Å². The van der Waals surface area contributed by atoms with Crippen LogP contribution in [0.4, 0.5) is 5.69 Å². The molecule has 1 aliphatic heterocycles. The van der Waals surface area contributed by atoms with Gasteiger partial charge in [-0.1, -0.05) is 17.7 Å². The number of aliphatic hydroxyl groups excluding tert-OH is 1. The van der Waals surface area contributed by atoms with E-state index in [0.29, 0.717) is 17.0 Å². The number of β-amino-alcohol motifs (C(OH)–C–C–N with tert-alkyl or cyclic N) is 1. The van der Waals surface area contributed by atoms with Gasteiger partial charge in [0.25, 0.3) is 5.91 Å². The van der Waals surface area contributed by atoms with E-state index in [1.165, 1.54) is 34.4 Å². The van der Waals surface area contributed by atoms with Gasteiger partial charge in [0, 0.05) is 23.7 Å². The molecule has 1 amide bonds. The first-order valence-corrected chi connectivity index (χ1v) is 9.85. The first kappa shape index (κ1) is 21.1. The Bertz CT molecular complexity index is 914. The number of phenolic OH excluding ortho intramolecular Hbond substituents is 1. The Morgan fingerprint density at radius 2 is 1.83 bits per heavy atom. The van der Waals surface area contributed by atoms with E-state index in [1.807, 2.05) is 0 Å². The van der Waals surface area contributed by atoms with Crippen molar-refractivity contribution in [3.63, 3.8) is 0 Å². The number of amides is 1. The van der Waals surface area contributed by atoms with Gasteiger partial charge >= 0.3 is 0 Å². The highest BCUT2D eigenvalue weighted by molar-refractivity contribution is 5.96. The molecule has 0 aliphatic carbocycles. The number of carbonyl (C=O) groups excluding carboxylic acids is 1. The van der Waals surface area contributed by atoms with Gasteiger partial charge in [0.1, 0.15) is 11.5 Å². The summed E-state index contributed by atoms with van der Waals surface area (Å²) in [5, 5.41) is 26.8. The van der Waals surface area contributed by atoms with Gasteiger partial charge in [-0.15, -0.1) is 0 Å². The number of fused-ring (bicyclic) bond motifs is 1. The molecule has 3 rings (SSSR count). The Labute approximate surface area is 171 Å². The molecule has 0 fully saturated rings. The number of hydrogen-bond donors (Lipinski definition) is 4. The molecule has 4 N–H and O–H groups in total. The van der Waals surface area contributed by atoms with Crippen molar-refractivity contribution in [3.8, 4) is 11.5 Å². The van der Waals surface area contributed by atoms with E-state index in [0.717, 1.165) is 6.42 Å². The number of ether oxygens (including phenoxy) is 1. The predicted molar refractivity (Wildman–Crippen MR) is 114 cm³/mol. The van der Waals surface area contributed by atoms with Crippen molar-refractivity contribution < 1.29 is 19.7 Å². The molecule has 0 unspecified atom stereocenters. The standard InChI is InChI=1S/C23H30N2O4/c1-13-6-14(2)18(15(3)7-13)10-23(4,5)24-11-20(27)17-8-16(26)9-19-22(17)29-12-21(28)25-19/h6-9,20,24,26-27H,10-12H2,1-5H3,(H,25,28)/t20-/m0/s1. The minimum atomic E-state index is -0.898. The molecule has 156 valence electrons. The van der Waals surface area contributed by atoms with Crippen molar-refractivity contribution in [2.75, 3.05) is 18.5 Å². The largest absolute Gasteiger partial charge is 0.508 e. The van der Waals surface area contributed by atoms with Crippen LogP contribution in [-0.4, -0.2) is 34.8 Å². The van der Waals surface area contributed by atoms with E-state index < -0.39 is 6.10 Å². The van der Waals surface area contributed by atoms with Crippen molar-refractivity contribution in [1.29, 1.82) is 0 Å². The van der Waals surface area contributed by atoms with Crippen molar-refractivity contribution >= 4 is 11.6 Å². The Morgan fingerprint density at radius 3 is 2.48 bits per heavy atom. The Morgan fingerprint density at radius 1 is 1.17 bits per heavy atom. The lowest BCUT2D eigenvalue weighted by Gasteiger charge is -2.30. The molecule has 1 aliphatic rings. The summed E-state index contributed by atoms with van der Waals surface area (Å²) in [6, 6.07) is 7.28. The van der Waals surface area contributed by atoms with Crippen LogP contribution in [0.2, 0.25) is 0 Å². The topological polar surface area (TPSA) is 90.8 Å². The van der Waals surface area contributed by atoms with E-state index in [2.05, 4.69) is 57.4 Å². The third-order valence-corrected chi connectivity index (χ3v) is 5.32. The summed E-state index contributed by atoms with van der Waals surface area (Å²) >= 11 is 0. The van der Waals surface area contributed by atoms with Gasteiger partial charge in [0.2, 0.25) is 0 Å². The molecule has 6 heteroatoms. The number of aryl methyl sites for hydroxylation is 3. The summed E-state index contributed by atoms with van der Waals surface area (Å²) in [7, 11) is 0. The minimum absolute atomic E-state index is 0.0336. The summed E-state index contributed by atoms with van der Waals surface area (Å²) in [5.74, 6) is 0.0835. The van der Waals surface area contributed by atoms with Crippen LogP contribution < -0.4 is 15.4 Å². The van der Waals surface area contributed by atoms with Crippen LogP contribution in [0.1, 0.15) is 47.8 Å². The normalized spacial score (nSPS) is 14.8. The number of hydrogen-bond acceptors (Lipinski definition) is 5. The SMILES string of the molecule is Cc1cc(C)c(CC(C)(C)NC[C@H](O)c2cc(O)cc3c2OCC(=O)N3)c(C)c1. The monoisotopic (exact) mass is 398 g/mol. The molecule has 0 bridgehead atoms. The Balaban J connectivity index is 1.74. The summed E-state index contributed by atoms with van der Waals surface area (Å²) < 4.78 is 5.50. The van der Waals surface area contributed by atoms with Crippen molar-refractivity contribution in [2.45, 2.75) is 52.7 Å². The number of phenols is 1. The van der Waals surface area contributed by atoms with E-state index in [4.69, 9.17) is 4.74 Å². The van der Waals surface area contributed by atoms with Crippen LogP contribution in [0.25, 0.3) is 0 Å². The molecule has 0 saturated carbocycles. The number of carbonyl (C=O) groups is 1. The average molecular weight is 399 g/mol. The zero-order chi connectivity index (χ0) is 21.3. The first-order chi connectivity index (χ1) is 13.6. The maximum Gasteiger partial charge on any atom is 0.262 e. The zero-order valence-electron chi connectivity index (χ0n) is 17.7. The summed E-state index contributed by atoms with van der Waals surface area (Å²) in [6.45, 7) is 10.7. The summed E-state index contributed by atoms with van der Waals surface area (Å²) in [4.78, 5) is 11.5. The lowest BCUT2D eigenvalue weighted by atomic mass is 9.88. The van der Waals surface area contributed by atoms with Gasteiger partial charge in [-0.05, 0) is 63.8 Å². The smallest absolute Gasteiger partial charge is 0.262 e. The lowest BCUT2D eigenvalue weighted by molar-refractivity contribution is -0.118. The molecule has 0 spiro atoms. The third-order valence-electron chi connectivity index (χ3n) is 5.32. The minimum Gasteiger partial charge on any atom is -0.508 e. The predicted octanol–water partition coefficient (Wildman–Crippen LogP) is 3.29. The van der Waals surface area contributed by atoms with Crippen LogP contribution >= 0.6 is 0 Å². The van der Waals surface area contributed by atoms with Crippen molar-refractivity contribution in [3.05, 3.63) is 52.1 Å². The second-order valence-electron chi connectivity index (χ2n) is 8.58. The second kappa shape index (κ2) is 8.05. The maximum absolute atomic E-state index is 11.5. The molecular weight excluding hydrogens is 368 g/mol. The number of aliphatic hydroxyl groups is 1.